The van der Waals surface area contributed by atoms with Gasteiger partial charge in [-0.2, -0.15) is 0 Å². The number of nitrogens with two attached hydrogens (primary N) is 1. The maximum absolute atomic E-state index is 14.1. The van der Waals surface area contributed by atoms with Crippen LogP contribution in [-0.2, 0) is 6.54 Å². The summed E-state index contributed by atoms with van der Waals surface area (Å²) in [5.74, 6) is 0.0960. The Morgan fingerprint density at radius 2 is 1.95 bits per heavy atom. The number of aliphatic imine (C=N–C) groups is 1. The predicted octanol–water partition coefficient (Wildman–Crippen LogP) is 3.35. The van der Waals surface area contributed by atoms with E-state index in [1.165, 1.54) is 6.07 Å². The van der Waals surface area contributed by atoms with Crippen LogP contribution >= 0.6 is 11.6 Å². The highest BCUT2D eigenvalue weighted by Gasteiger charge is 2.31. The standard InChI is InChI=1S/C16H15ClFN3/c17-12-7-4-8-13(18)15(12)14-9-20-16(19)21(14)10-11-5-2-1-3-6-11/h1-8,14H,9-10H2,(H2,19,20). The summed E-state index contributed by atoms with van der Waals surface area (Å²) in [6.45, 7) is 0.991. The van der Waals surface area contributed by atoms with E-state index in [9.17, 15) is 4.39 Å². The van der Waals surface area contributed by atoms with Crippen molar-refractivity contribution in [3.05, 3.63) is 70.5 Å². The maximum atomic E-state index is 14.1. The van der Waals surface area contributed by atoms with Crippen LogP contribution < -0.4 is 5.73 Å². The summed E-state index contributed by atoms with van der Waals surface area (Å²) >= 11 is 6.17. The van der Waals surface area contributed by atoms with Gasteiger partial charge >= 0.3 is 0 Å². The van der Waals surface area contributed by atoms with E-state index in [2.05, 4.69) is 4.99 Å². The van der Waals surface area contributed by atoms with Crippen molar-refractivity contribution < 1.29 is 4.39 Å². The molecule has 0 radical (unpaired) electrons. The zero-order valence-corrected chi connectivity index (χ0v) is 12.1. The van der Waals surface area contributed by atoms with Crippen LogP contribution in [0.15, 0.2) is 53.5 Å². The van der Waals surface area contributed by atoms with Crippen molar-refractivity contribution in [1.82, 2.24) is 4.90 Å². The lowest BCUT2D eigenvalue weighted by molar-refractivity contribution is 0.332. The molecule has 0 saturated carbocycles. The van der Waals surface area contributed by atoms with Crippen LogP contribution in [0.2, 0.25) is 5.02 Å². The second kappa shape index (κ2) is 5.74. The molecule has 0 fully saturated rings. The largest absolute Gasteiger partial charge is 0.370 e. The Morgan fingerprint density at radius 3 is 2.67 bits per heavy atom. The lowest BCUT2D eigenvalue weighted by atomic mass is 10.0. The minimum atomic E-state index is -0.324. The van der Waals surface area contributed by atoms with Gasteiger partial charge in [-0.1, -0.05) is 48.0 Å². The van der Waals surface area contributed by atoms with Crippen LogP contribution in [0.25, 0.3) is 0 Å². The molecule has 2 aromatic rings. The Morgan fingerprint density at radius 1 is 1.19 bits per heavy atom. The third kappa shape index (κ3) is 2.72. The molecule has 108 valence electrons. The highest BCUT2D eigenvalue weighted by atomic mass is 35.5. The first-order valence-corrected chi connectivity index (χ1v) is 7.09. The molecule has 2 N–H and O–H groups in total. The van der Waals surface area contributed by atoms with E-state index < -0.39 is 0 Å². The Balaban J connectivity index is 1.92. The summed E-state index contributed by atoms with van der Waals surface area (Å²) in [5, 5.41) is 0.406. The summed E-state index contributed by atoms with van der Waals surface area (Å²) in [6.07, 6.45) is 0. The van der Waals surface area contributed by atoms with E-state index in [1.54, 1.807) is 12.1 Å². The second-order valence-corrected chi connectivity index (χ2v) is 5.37. The van der Waals surface area contributed by atoms with E-state index in [4.69, 9.17) is 17.3 Å². The Hall–Kier alpha value is -2.07. The van der Waals surface area contributed by atoms with Gasteiger partial charge in [-0.05, 0) is 17.7 Å². The van der Waals surface area contributed by atoms with Gasteiger partial charge in [0.25, 0.3) is 0 Å². The highest BCUT2D eigenvalue weighted by molar-refractivity contribution is 6.31. The maximum Gasteiger partial charge on any atom is 0.192 e. The molecule has 0 aromatic heterocycles. The van der Waals surface area contributed by atoms with Gasteiger partial charge < -0.3 is 10.6 Å². The fourth-order valence-electron chi connectivity index (χ4n) is 2.58. The van der Waals surface area contributed by atoms with E-state index in [0.717, 1.165) is 5.56 Å². The molecule has 1 aliphatic rings. The first-order valence-electron chi connectivity index (χ1n) is 6.71. The Kier molecular flexibility index (Phi) is 3.80. The van der Waals surface area contributed by atoms with Crippen LogP contribution in [-0.4, -0.2) is 17.4 Å². The molecule has 3 rings (SSSR count). The number of hydrogen-bond donors (Lipinski definition) is 1. The number of rotatable bonds is 3. The average Bonchev–Trinajstić information content (AvgIpc) is 2.82. The van der Waals surface area contributed by atoms with Crippen LogP contribution in [0.4, 0.5) is 4.39 Å². The molecule has 0 aliphatic carbocycles. The third-order valence-corrected chi connectivity index (χ3v) is 3.95. The van der Waals surface area contributed by atoms with Crippen molar-refractivity contribution in [2.45, 2.75) is 12.6 Å². The quantitative estimate of drug-likeness (QED) is 0.945. The smallest absolute Gasteiger partial charge is 0.192 e. The third-order valence-electron chi connectivity index (χ3n) is 3.63. The molecule has 3 nitrogen and oxygen atoms in total. The lowest BCUT2D eigenvalue weighted by Gasteiger charge is -2.27. The van der Waals surface area contributed by atoms with E-state index in [0.29, 0.717) is 29.6 Å². The van der Waals surface area contributed by atoms with E-state index >= 15 is 0 Å². The SMILES string of the molecule is NC1=NCC(c2c(F)cccc2Cl)N1Cc1ccccc1. The number of hydrogen-bond acceptors (Lipinski definition) is 3. The van der Waals surface area contributed by atoms with Crippen molar-refractivity contribution >= 4 is 17.6 Å². The van der Waals surface area contributed by atoms with Gasteiger partial charge in [-0.15, -0.1) is 0 Å². The van der Waals surface area contributed by atoms with E-state index in [1.807, 2.05) is 35.2 Å². The topological polar surface area (TPSA) is 41.6 Å². The molecular weight excluding hydrogens is 289 g/mol. The zero-order valence-electron chi connectivity index (χ0n) is 11.3. The van der Waals surface area contributed by atoms with Gasteiger partial charge in [0.05, 0.1) is 12.6 Å². The number of benzene rings is 2. The summed E-state index contributed by atoms with van der Waals surface area (Å²) in [4.78, 5) is 6.14. The predicted molar refractivity (Wildman–Crippen MR) is 82.6 cm³/mol. The molecule has 0 saturated heterocycles. The highest BCUT2D eigenvalue weighted by Crippen LogP contribution is 2.33. The molecular formula is C16H15ClFN3. The molecule has 1 atom stereocenters. The van der Waals surface area contributed by atoms with Gasteiger partial charge in [0.15, 0.2) is 5.96 Å². The zero-order chi connectivity index (χ0) is 14.8. The second-order valence-electron chi connectivity index (χ2n) is 4.96. The molecule has 1 heterocycles. The fourth-order valence-corrected chi connectivity index (χ4v) is 2.87. The normalized spacial score (nSPS) is 17.9. The first-order chi connectivity index (χ1) is 10.2. The Labute approximate surface area is 127 Å². The molecule has 2 aromatic carbocycles. The molecule has 0 bridgehead atoms. The van der Waals surface area contributed by atoms with Crippen molar-refractivity contribution in [2.24, 2.45) is 10.7 Å². The molecule has 21 heavy (non-hydrogen) atoms. The summed E-state index contributed by atoms with van der Waals surface area (Å²) in [6, 6.07) is 14.3. The number of guanidine groups is 1. The number of halogens is 2. The summed E-state index contributed by atoms with van der Waals surface area (Å²) < 4.78 is 14.1. The Bertz CT molecular complexity index is 652. The van der Waals surface area contributed by atoms with Gasteiger partial charge in [-0.3, -0.25) is 4.99 Å². The average molecular weight is 304 g/mol. The molecule has 0 spiro atoms. The van der Waals surface area contributed by atoms with Crippen LogP contribution in [0.1, 0.15) is 17.2 Å². The first kappa shape index (κ1) is 13.9. The molecule has 5 heteroatoms. The minimum Gasteiger partial charge on any atom is -0.370 e. The van der Waals surface area contributed by atoms with Crippen LogP contribution in [0.5, 0.6) is 0 Å². The van der Waals surface area contributed by atoms with Crippen molar-refractivity contribution in [1.29, 1.82) is 0 Å². The van der Waals surface area contributed by atoms with Gasteiger partial charge in [0, 0.05) is 17.1 Å². The molecule has 0 amide bonds. The van der Waals surface area contributed by atoms with Gasteiger partial charge in [0.1, 0.15) is 5.82 Å². The van der Waals surface area contributed by atoms with Crippen LogP contribution in [0, 0.1) is 5.82 Å². The monoisotopic (exact) mass is 303 g/mol. The van der Waals surface area contributed by atoms with E-state index in [-0.39, 0.29) is 11.9 Å². The molecule has 1 aliphatic heterocycles. The van der Waals surface area contributed by atoms with Crippen molar-refractivity contribution in [2.75, 3.05) is 6.54 Å². The van der Waals surface area contributed by atoms with Crippen molar-refractivity contribution in [3.8, 4) is 0 Å². The van der Waals surface area contributed by atoms with Gasteiger partial charge in [0.2, 0.25) is 0 Å². The van der Waals surface area contributed by atoms with Crippen LogP contribution in [0.3, 0.4) is 0 Å². The van der Waals surface area contributed by atoms with Crippen molar-refractivity contribution in [3.63, 3.8) is 0 Å². The van der Waals surface area contributed by atoms with Gasteiger partial charge in [-0.25, -0.2) is 4.39 Å². The fraction of sp³-hybridized carbons (Fsp3) is 0.188. The summed E-state index contributed by atoms with van der Waals surface area (Å²) in [7, 11) is 0. The lowest BCUT2D eigenvalue weighted by Crippen LogP contribution is -2.36. The minimum absolute atomic E-state index is 0.265. The molecule has 1 unspecified atom stereocenters. The summed E-state index contributed by atoms with van der Waals surface area (Å²) in [5.41, 5.74) is 7.52. The number of nitrogens with zero attached hydrogens (tertiary/aromatic N) is 2.